The average Bonchev–Trinajstić information content (AvgIpc) is 2.37. The largest absolute Gasteiger partial charge is 0.151 e. The molecule has 0 saturated carbocycles. The summed E-state index contributed by atoms with van der Waals surface area (Å²) in [6.07, 6.45) is 0. The normalized spacial score (nSPS) is 11.9. The topological polar surface area (TPSA) is 24.7 Å². The molecule has 0 fully saturated rings. The Morgan fingerprint density at radius 3 is 2.11 bits per heavy atom. The van der Waals surface area contributed by atoms with Gasteiger partial charge in [-0.05, 0) is 24.3 Å². The van der Waals surface area contributed by atoms with Crippen LogP contribution in [0.15, 0.2) is 69.7 Å². The fourth-order valence-corrected chi connectivity index (χ4v) is 2.58. The van der Waals surface area contributed by atoms with Gasteiger partial charge in [0.2, 0.25) is 0 Å². The van der Waals surface area contributed by atoms with E-state index < -0.39 is 0 Å². The molecule has 0 radical (unpaired) electrons. The molecule has 0 aromatic heterocycles. The molecule has 98 valence electrons. The molecule has 2 aromatic carbocycles. The minimum atomic E-state index is 0.165. The van der Waals surface area contributed by atoms with Crippen molar-refractivity contribution in [3.63, 3.8) is 0 Å². The highest BCUT2D eigenvalue weighted by Crippen LogP contribution is 2.38. The highest BCUT2D eigenvalue weighted by Gasteiger charge is 2.14. The van der Waals surface area contributed by atoms with Crippen LogP contribution in [0.2, 0.25) is 0 Å². The number of rotatable bonds is 3. The Labute approximate surface area is 119 Å². The first-order chi connectivity index (χ1) is 9.04. The standard InChI is InChI=1S/C16H18N2S/c1-16(2,3)19-15-12-8-7-11-14(15)18-17-13-9-5-4-6-10-13/h4-12H,1-3H3. The first kappa shape index (κ1) is 13.8. The van der Waals surface area contributed by atoms with Crippen molar-refractivity contribution in [1.82, 2.24) is 0 Å². The number of hydrogen-bond donors (Lipinski definition) is 0. The van der Waals surface area contributed by atoms with E-state index >= 15 is 0 Å². The first-order valence-electron chi connectivity index (χ1n) is 6.29. The van der Waals surface area contributed by atoms with Crippen LogP contribution in [0.3, 0.4) is 0 Å². The van der Waals surface area contributed by atoms with Gasteiger partial charge in [-0.1, -0.05) is 51.1 Å². The summed E-state index contributed by atoms with van der Waals surface area (Å²) >= 11 is 1.81. The van der Waals surface area contributed by atoms with Crippen molar-refractivity contribution >= 4 is 23.1 Å². The summed E-state index contributed by atoms with van der Waals surface area (Å²) < 4.78 is 0.165. The summed E-state index contributed by atoms with van der Waals surface area (Å²) in [7, 11) is 0. The number of azo groups is 1. The third-order valence-electron chi connectivity index (χ3n) is 2.31. The number of nitrogens with zero attached hydrogens (tertiary/aromatic N) is 2. The van der Waals surface area contributed by atoms with Gasteiger partial charge in [0.15, 0.2) is 0 Å². The second-order valence-corrected chi connectivity index (χ2v) is 7.09. The summed E-state index contributed by atoms with van der Waals surface area (Å²) in [6, 6.07) is 17.9. The Morgan fingerprint density at radius 2 is 1.42 bits per heavy atom. The number of thioether (sulfide) groups is 1. The fourth-order valence-electron chi connectivity index (χ4n) is 1.56. The van der Waals surface area contributed by atoms with Gasteiger partial charge >= 0.3 is 0 Å². The van der Waals surface area contributed by atoms with Gasteiger partial charge in [0.1, 0.15) is 0 Å². The maximum Gasteiger partial charge on any atom is 0.0992 e. The molecule has 2 nitrogen and oxygen atoms in total. The molecule has 0 unspecified atom stereocenters. The molecule has 0 spiro atoms. The molecule has 2 aromatic rings. The highest BCUT2D eigenvalue weighted by atomic mass is 32.2. The highest BCUT2D eigenvalue weighted by molar-refractivity contribution is 8.00. The zero-order valence-corrected chi connectivity index (χ0v) is 12.3. The SMILES string of the molecule is CC(C)(C)Sc1ccccc1N=Nc1ccccc1. The molecule has 0 N–H and O–H groups in total. The zero-order chi connectivity index (χ0) is 13.7. The molecular formula is C16H18N2S. The maximum atomic E-state index is 4.36. The smallest absolute Gasteiger partial charge is 0.0992 e. The third-order valence-corrected chi connectivity index (χ3v) is 3.49. The monoisotopic (exact) mass is 270 g/mol. The second-order valence-electron chi connectivity index (χ2n) is 5.22. The Hall–Kier alpha value is -1.61. The Bertz CT molecular complexity index is 556. The zero-order valence-electron chi connectivity index (χ0n) is 11.5. The molecule has 0 atom stereocenters. The van der Waals surface area contributed by atoms with E-state index in [1.807, 2.05) is 60.3 Å². The lowest BCUT2D eigenvalue weighted by Crippen LogP contribution is -2.06. The third kappa shape index (κ3) is 4.52. The van der Waals surface area contributed by atoms with Crippen LogP contribution in [-0.2, 0) is 0 Å². The molecule has 2 rings (SSSR count). The van der Waals surface area contributed by atoms with Gasteiger partial charge in [-0.25, -0.2) is 0 Å². The molecule has 3 heteroatoms. The summed E-state index contributed by atoms with van der Waals surface area (Å²) in [6.45, 7) is 6.59. The van der Waals surface area contributed by atoms with Gasteiger partial charge in [0.25, 0.3) is 0 Å². The molecule has 0 aliphatic rings. The molecule has 0 aliphatic carbocycles. The van der Waals surface area contributed by atoms with Gasteiger partial charge in [-0.15, -0.1) is 16.9 Å². The van der Waals surface area contributed by atoms with E-state index in [1.165, 1.54) is 0 Å². The molecule has 0 saturated heterocycles. The van der Waals surface area contributed by atoms with Crippen LogP contribution in [0.1, 0.15) is 20.8 Å². The lowest BCUT2D eigenvalue weighted by molar-refractivity contribution is 0.802. The molecule has 19 heavy (non-hydrogen) atoms. The molecule has 0 aliphatic heterocycles. The van der Waals surface area contributed by atoms with E-state index in [2.05, 4.69) is 37.1 Å². The van der Waals surface area contributed by atoms with E-state index in [1.54, 1.807) is 0 Å². The average molecular weight is 270 g/mol. The van der Waals surface area contributed by atoms with Crippen molar-refractivity contribution < 1.29 is 0 Å². The molecule has 0 heterocycles. The Morgan fingerprint density at radius 1 is 0.789 bits per heavy atom. The van der Waals surface area contributed by atoms with Crippen LogP contribution >= 0.6 is 11.8 Å². The van der Waals surface area contributed by atoms with Gasteiger partial charge in [-0.2, -0.15) is 5.11 Å². The Kier molecular flexibility index (Phi) is 4.38. The summed E-state index contributed by atoms with van der Waals surface area (Å²) in [5.41, 5.74) is 1.80. The van der Waals surface area contributed by atoms with E-state index in [4.69, 9.17) is 0 Å². The summed E-state index contributed by atoms with van der Waals surface area (Å²) in [5.74, 6) is 0. The first-order valence-corrected chi connectivity index (χ1v) is 7.11. The lowest BCUT2D eigenvalue weighted by atomic mass is 10.3. The van der Waals surface area contributed by atoms with Crippen molar-refractivity contribution in [3.05, 3.63) is 54.6 Å². The fraction of sp³-hybridized carbons (Fsp3) is 0.250. The van der Waals surface area contributed by atoms with Crippen LogP contribution in [0.5, 0.6) is 0 Å². The van der Waals surface area contributed by atoms with Crippen molar-refractivity contribution in [2.45, 2.75) is 30.4 Å². The van der Waals surface area contributed by atoms with Crippen LogP contribution in [-0.4, -0.2) is 4.75 Å². The van der Waals surface area contributed by atoms with Crippen molar-refractivity contribution in [1.29, 1.82) is 0 Å². The molecular weight excluding hydrogens is 252 g/mol. The van der Waals surface area contributed by atoms with E-state index in [0.717, 1.165) is 16.3 Å². The van der Waals surface area contributed by atoms with Crippen molar-refractivity contribution in [2.24, 2.45) is 10.2 Å². The summed E-state index contributed by atoms with van der Waals surface area (Å²) in [5, 5.41) is 8.64. The van der Waals surface area contributed by atoms with Gasteiger partial charge in [0, 0.05) is 9.64 Å². The predicted molar refractivity (Wildman–Crippen MR) is 82.7 cm³/mol. The lowest BCUT2D eigenvalue weighted by Gasteiger charge is -2.18. The number of benzene rings is 2. The van der Waals surface area contributed by atoms with Crippen LogP contribution in [0, 0.1) is 0 Å². The van der Waals surface area contributed by atoms with Crippen LogP contribution in [0.4, 0.5) is 11.4 Å². The van der Waals surface area contributed by atoms with Gasteiger partial charge in [-0.3, -0.25) is 0 Å². The van der Waals surface area contributed by atoms with E-state index in [-0.39, 0.29) is 4.75 Å². The van der Waals surface area contributed by atoms with Crippen LogP contribution < -0.4 is 0 Å². The minimum Gasteiger partial charge on any atom is -0.151 e. The van der Waals surface area contributed by atoms with E-state index in [0.29, 0.717) is 0 Å². The summed E-state index contributed by atoms with van der Waals surface area (Å²) in [4.78, 5) is 1.16. The predicted octanol–water partition coefficient (Wildman–Crippen LogP) is 5.99. The quantitative estimate of drug-likeness (QED) is 0.496. The Balaban J connectivity index is 2.23. The van der Waals surface area contributed by atoms with Gasteiger partial charge in [0.05, 0.1) is 11.4 Å². The van der Waals surface area contributed by atoms with Crippen molar-refractivity contribution in [2.75, 3.05) is 0 Å². The molecule has 0 bridgehead atoms. The second kappa shape index (κ2) is 6.02. The molecule has 0 amide bonds. The van der Waals surface area contributed by atoms with E-state index in [9.17, 15) is 0 Å². The van der Waals surface area contributed by atoms with Crippen molar-refractivity contribution in [3.8, 4) is 0 Å². The van der Waals surface area contributed by atoms with Gasteiger partial charge < -0.3 is 0 Å². The van der Waals surface area contributed by atoms with Crippen LogP contribution in [0.25, 0.3) is 0 Å². The minimum absolute atomic E-state index is 0.165. The maximum absolute atomic E-state index is 4.36. The number of hydrogen-bond acceptors (Lipinski definition) is 3.